The number of nitrogens with one attached hydrogen (secondary N) is 2. The summed E-state index contributed by atoms with van der Waals surface area (Å²) in [5.41, 5.74) is 5.82. The smallest absolute Gasteiger partial charge is 0.266 e. The topological polar surface area (TPSA) is 92.2 Å². The summed E-state index contributed by atoms with van der Waals surface area (Å²) < 4.78 is 39.5. The number of aliphatic hydroxyl groups is 1. The Kier molecular flexibility index (Phi) is 8.86. The summed E-state index contributed by atoms with van der Waals surface area (Å²) in [5.74, 6) is -0.865. The number of ether oxygens (including phenoxy) is 2. The highest BCUT2D eigenvalue weighted by Crippen LogP contribution is 2.28. The van der Waals surface area contributed by atoms with Gasteiger partial charge in [0.1, 0.15) is 24.0 Å². The molecule has 1 aliphatic heterocycles. The van der Waals surface area contributed by atoms with Gasteiger partial charge in [0, 0.05) is 47.7 Å². The predicted octanol–water partition coefficient (Wildman–Crippen LogP) is 4.07. The highest BCUT2D eigenvalue weighted by Gasteiger charge is 2.44. The fraction of sp³-hybridized carbons (Fsp3) is 0.259. The van der Waals surface area contributed by atoms with Gasteiger partial charge in [-0.05, 0) is 48.0 Å². The number of halogens is 3. The monoisotopic (exact) mass is 573 g/mol. The molecule has 0 radical (unpaired) electrons. The summed E-state index contributed by atoms with van der Waals surface area (Å²) in [6.07, 6.45) is 0.803. The molecular formula is C27H26BrF2N3O4. The van der Waals surface area contributed by atoms with Gasteiger partial charge >= 0.3 is 0 Å². The molecule has 1 amide bonds. The molecule has 1 aliphatic rings. The standard InChI is InChI=1S/C27H26BrF2N3O4/c28-21-7-2-18(3-8-21)15-27(26(35)33-31-16-20-4-9-22(29)14-24(20)30)17-37-25(32-27)19-5-10-23(11-6-19)36-13-1-12-34/h2-11,14,31,34H,1,12-13,15-17H2,(H,33,35)/t27-/m0/s1. The molecule has 1 heterocycles. The minimum Gasteiger partial charge on any atom is -0.494 e. The van der Waals surface area contributed by atoms with E-state index >= 15 is 0 Å². The van der Waals surface area contributed by atoms with E-state index in [1.165, 1.54) is 6.07 Å². The Balaban J connectivity index is 1.51. The van der Waals surface area contributed by atoms with Crippen LogP contribution in [0.3, 0.4) is 0 Å². The lowest BCUT2D eigenvalue weighted by molar-refractivity contribution is -0.127. The third kappa shape index (κ3) is 6.91. The van der Waals surface area contributed by atoms with Gasteiger partial charge < -0.3 is 14.6 Å². The van der Waals surface area contributed by atoms with Gasteiger partial charge in [-0.2, -0.15) is 0 Å². The van der Waals surface area contributed by atoms with Gasteiger partial charge in [0.05, 0.1) is 6.61 Å². The van der Waals surface area contributed by atoms with Crippen LogP contribution in [0.1, 0.15) is 23.1 Å². The van der Waals surface area contributed by atoms with E-state index in [0.29, 0.717) is 30.2 Å². The molecule has 10 heteroatoms. The number of nitrogens with zero attached hydrogens (tertiary/aromatic N) is 1. The second-order valence-corrected chi connectivity index (χ2v) is 9.45. The number of carbonyl (C=O) groups excluding carboxylic acids is 1. The maximum absolute atomic E-state index is 14.0. The van der Waals surface area contributed by atoms with E-state index in [2.05, 4.69) is 26.8 Å². The number of benzene rings is 3. The van der Waals surface area contributed by atoms with E-state index in [0.717, 1.165) is 22.2 Å². The molecule has 3 N–H and O–H groups in total. The number of hydrogen-bond acceptors (Lipinski definition) is 6. The average Bonchev–Trinajstić information content (AvgIpc) is 3.32. The van der Waals surface area contributed by atoms with E-state index in [-0.39, 0.29) is 31.7 Å². The van der Waals surface area contributed by atoms with E-state index in [4.69, 9.17) is 19.6 Å². The first-order valence-corrected chi connectivity index (χ1v) is 12.5. The van der Waals surface area contributed by atoms with Crippen molar-refractivity contribution in [2.45, 2.75) is 24.9 Å². The molecule has 0 fully saturated rings. The van der Waals surface area contributed by atoms with Crippen molar-refractivity contribution in [3.05, 3.63) is 99.5 Å². The van der Waals surface area contributed by atoms with Gasteiger partial charge in [-0.1, -0.05) is 34.1 Å². The molecule has 7 nitrogen and oxygen atoms in total. The fourth-order valence-corrected chi connectivity index (χ4v) is 4.04. The summed E-state index contributed by atoms with van der Waals surface area (Å²) in [4.78, 5) is 18.1. The quantitative estimate of drug-likeness (QED) is 0.237. The minimum absolute atomic E-state index is 0.00553. The second-order valence-electron chi connectivity index (χ2n) is 8.53. The van der Waals surface area contributed by atoms with Gasteiger partial charge in [0.25, 0.3) is 5.91 Å². The van der Waals surface area contributed by atoms with E-state index < -0.39 is 23.1 Å². The Labute approximate surface area is 221 Å². The molecule has 0 spiro atoms. The maximum atomic E-state index is 14.0. The molecule has 0 bridgehead atoms. The molecule has 0 saturated carbocycles. The van der Waals surface area contributed by atoms with Crippen molar-refractivity contribution in [2.75, 3.05) is 19.8 Å². The van der Waals surface area contributed by atoms with E-state index in [1.54, 1.807) is 24.3 Å². The molecule has 4 rings (SSSR count). The van der Waals surface area contributed by atoms with Gasteiger partial charge in [-0.25, -0.2) is 19.2 Å². The Morgan fingerprint density at radius 3 is 2.57 bits per heavy atom. The Bertz CT molecular complexity index is 1260. The molecule has 0 unspecified atom stereocenters. The average molecular weight is 574 g/mol. The van der Waals surface area contributed by atoms with E-state index in [1.807, 2.05) is 24.3 Å². The van der Waals surface area contributed by atoms with Crippen LogP contribution in [0.4, 0.5) is 8.78 Å². The molecule has 3 aromatic carbocycles. The first-order chi connectivity index (χ1) is 17.9. The van der Waals surface area contributed by atoms with Gasteiger partial charge in [-0.3, -0.25) is 10.2 Å². The Morgan fingerprint density at radius 1 is 1.11 bits per heavy atom. The number of hydrogen-bond donors (Lipinski definition) is 3. The first kappa shape index (κ1) is 26.7. The van der Waals surface area contributed by atoms with Crippen LogP contribution in [-0.4, -0.2) is 42.3 Å². The summed E-state index contributed by atoms with van der Waals surface area (Å²) in [5, 5.41) is 8.90. The number of rotatable bonds is 11. The normalized spacial score (nSPS) is 16.7. The molecule has 3 aromatic rings. The van der Waals surface area contributed by atoms with Crippen LogP contribution in [0.25, 0.3) is 0 Å². The third-order valence-corrected chi connectivity index (χ3v) is 6.29. The zero-order valence-electron chi connectivity index (χ0n) is 19.8. The van der Waals surface area contributed by atoms with Crippen LogP contribution in [0, 0.1) is 11.6 Å². The summed E-state index contributed by atoms with van der Waals surface area (Å²) in [6.45, 7) is 0.421. The van der Waals surface area contributed by atoms with E-state index in [9.17, 15) is 13.6 Å². The van der Waals surface area contributed by atoms with Crippen molar-refractivity contribution in [2.24, 2.45) is 4.99 Å². The molecule has 37 heavy (non-hydrogen) atoms. The maximum Gasteiger partial charge on any atom is 0.266 e. The number of hydrazine groups is 1. The van der Waals surface area contributed by atoms with Gasteiger partial charge in [0.15, 0.2) is 5.54 Å². The van der Waals surface area contributed by atoms with Gasteiger partial charge in [0.2, 0.25) is 5.90 Å². The number of carbonyl (C=O) groups is 1. The van der Waals surface area contributed by atoms with Crippen molar-refractivity contribution < 1.29 is 28.2 Å². The second kappa shape index (κ2) is 12.3. The Hall–Kier alpha value is -3.34. The number of aliphatic hydroxyl groups excluding tert-OH is 1. The SMILES string of the molecule is O=C(NNCc1ccc(F)cc1F)[C@]1(Cc2ccc(Br)cc2)COC(c2ccc(OCCCO)cc2)=N1. The van der Waals surface area contributed by atoms with Crippen molar-refractivity contribution in [3.63, 3.8) is 0 Å². The van der Waals surface area contributed by atoms with Gasteiger partial charge in [-0.15, -0.1) is 0 Å². The first-order valence-electron chi connectivity index (χ1n) is 11.7. The lowest BCUT2D eigenvalue weighted by Crippen LogP contribution is -2.52. The zero-order valence-corrected chi connectivity index (χ0v) is 21.4. The molecule has 1 atom stereocenters. The lowest BCUT2D eigenvalue weighted by atomic mass is 9.91. The summed E-state index contributed by atoms with van der Waals surface area (Å²) in [6, 6.07) is 17.9. The van der Waals surface area contributed by atoms with Crippen LogP contribution >= 0.6 is 15.9 Å². The molecule has 0 saturated heterocycles. The zero-order chi connectivity index (χ0) is 26.3. The van der Waals surface area contributed by atoms with Crippen LogP contribution < -0.4 is 15.6 Å². The van der Waals surface area contributed by atoms with Crippen LogP contribution in [0.5, 0.6) is 5.75 Å². The summed E-state index contributed by atoms with van der Waals surface area (Å²) >= 11 is 3.41. The number of amides is 1. The lowest BCUT2D eigenvalue weighted by Gasteiger charge is -2.23. The largest absolute Gasteiger partial charge is 0.494 e. The summed E-state index contributed by atoms with van der Waals surface area (Å²) in [7, 11) is 0. The van der Waals surface area contributed by atoms with Crippen LogP contribution in [-0.2, 0) is 22.5 Å². The molecule has 194 valence electrons. The predicted molar refractivity (Wildman–Crippen MR) is 138 cm³/mol. The molecule has 0 aliphatic carbocycles. The highest BCUT2D eigenvalue weighted by molar-refractivity contribution is 9.10. The van der Waals surface area contributed by atoms with Crippen molar-refractivity contribution in [1.29, 1.82) is 0 Å². The fourth-order valence-electron chi connectivity index (χ4n) is 3.77. The number of aliphatic imine (C=N–C) groups is 1. The Morgan fingerprint density at radius 2 is 1.86 bits per heavy atom. The highest BCUT2D eigenvalue weighted by atomic mass is 79.9. The van der Waals surface area contributed by atoms with Crippen molar-refractivity contribution >= 4 is 27.7 Å². The van der Waals surface area contributed by atoms with Crippen molar-refractivity contribution in [3.8, 4) is 5.75 Å². The van der Waals surface area contributed by atoms with Crippen molar-refractivity contribution in [1.82, 2.24) is 10.9 Å². The van der Waals surface area contributed by atoms with Crippen LogP contribution in [0.2, 0.25) is 0 Å². The third-order valence-electron chi connectivity index (χ3n) is 5.76. The molecular weight excluding hydrogens is 548 g/mol. The minimum atomic E-state index is -1.27. The molecule has 0 aromatic heterocycles. The van der Waals surface area contributed by atoms with Crippen LogP contribution in [0.15, 0.2) is 76.2 Å².